The first-order chi connectivity index (χ1) is 6.97. The molecular formula is C9H11F3N2O. The average Bonchev–Trinajstić information content (AvgIpc) is 2.86. The topological polar surface area (TPSA) is 38.0 Å². The van der Waals surface area contributed by atoms with Crippen LogP contribution < -0.4 is 0 Å². The van der Waals surface area contributed by atoms with Crippen LogP contribution in [0, 0.1) is 5.92 Å². The first kappa shape index (κ1) is 10.5. The van der Waals surface area contributed by atoms with Crippen molar-refractivity contribution < 1.29 is 18.3 Å². The summed E-state index contributed by atoms with van der Waals surface area (Å²) in [6.07, 6.45) is -1.33. The Bertz CT molecular complexity index is 343. The highest BCUT2D eigenvalue weighted by Crippen LogP contribution is 2.33. The van der Waals surface area contributed by atoms with Crippen molar-refractivity contribution in [1.82, 2.24) is 9.78 Å². The summed E-state index contributed by atoms with van der Waals surface area (Å²) in [6.45, 7) is 0.140. The van der Waals surface area contributed by atoms with E-state index in [1.807, 2.05) is 0 Å². The standard InChI is InChI=1S/C9H11F3N2O/c10-9(11,12)7-3-13-14(4-7)5-8(15)6-1-2-6/h3-4,6,8,15H,1-2,5H2. The third-order valence-corrected chi connectivity index (χ3v) is 2.50. The van der Waals surface area contributed by atoms with Crippen LogP contribution in [0.4, 0.5) is 13.2 Å². The average molecular weight is 220 g/mol. The molecule has 0 saturated heterocycles. The lowest BCUT2D eigenvalue weighted by molar-refractivity contribution is -0.137. The van der Waals surface area contributed by atoms with Gasteiger partial charge in [0.15, 0.2) is 0 Å². The first-order valence-corrected chi connectivity index (χ1v) is 4.74. The molecule has 0 amide bonds. The molecule has 1 unspecified atom stereocenters. The van der Waals surface area contributed by atoms with E-state index in [4.69, 9.17) is 0 Å². The number of aliphatic hydroxyl groups is 1. The van der Waals surface area contributed by atoms with E-state index >= 15 is 0 Å². The third kappa shape index (κ3) is 2.50. The van der Waals surface area contributed by atoms with Gasteiger partial charge in [0.05, 0.1) is 24.4 Å². The second-order valence-electron chi connectivity index (χ2n) is 3.85. The van der Waals surface area contributed by atoms with E-state index in [1.165, 1.54) is 0 Å². The van der Waals surface area contributed by atoms with Crippen molar-refractivity contribution in [3.05, 3.63) is 18.0 Å². The van der Waals surface area contributed by atoms with Gasteiger partial charge in [-0.05, 0) is 18.8 Å². The summed E-state index contributed by atoms with van der Waals surface area (Å²) >= 11 is 0. The molecule has 0 bridgehead atoms. The molecule has 15 heavy (non-hydrogen) atoms. The number of alkyl halides is 3. The lowest BCUT2D eigenvalue weighted by Gasteiger charge is -2.08. The molecule has 1 N–H and O–H groups in total. The molecular weight excluding hydrogens is 209 g/mol. The van der Waals surface area contributed by atoms with Crippen LogP contribution in [0.25, 0.3) is 0 Å². The Morgan fingerprint density at radius 2 is 2.20 bits per heavy atom. The van der Waals surface area contributed by atoms with E-state index in [1.54, 1.807) is 0 Å². The molecule has 1 saturated carbocycles. The Balaban J connectivity index is 2.00. The van der Waals surface area contributed by atoms with E-state index in [0.717, 1.165) is 29.9 Å². The third-order valence-electron chi connectivity index (χ3n) is 2.50. The maximum absolute atomic E-state index is 12.2. The van der Waals surface area contributed by atoms with Gasteiger partial charge in [-0.3, -0.25) is 4.68 Å². The van der Waals surface area contributed by atoms with Crippen molar-refractivity contribution in [2.24, 2.45) is 5.92 Å². The summed E-state index contributed by atoms with van der Waals surface area (Å²) in [7, 11) is 0. The minimum absolute atomic E-state index is 0.140. The van der Waals surface area contributed by atoms with Crippen molar-refractivity contribution in [3.63, 3.8) is 0 Å². The molecule has 1 aliphatic carbocycles. The molecule has 84 valence electrons. The smallest absolute Gasteiger partial charge is 0.391 e. The monoisotopic (exact) mass is 220 g/mol. The van der Waals surface area contributed by atoms with Gasteiger partial charge >= 0.3 is 6.18 Å². The summed E-state index contributed by atoms with van der Waals surface area (Å²) < 4.78 is 37.7. The Hall–Kier alpha value is -1.04. The molecule has 1 aliphatic rings. The maximum Gasteiger partial charge on any atom is 0.419 e. The molecule has 1 atom stereocenters. The molecule has 0 aliphatic heterocycles. The van der Waals surface area contributed by atoms with Gasteiger partial charge < -0.3 is 5.11 Å². The van der Waals surface area contributed by atoms with Crippen molar-refractivity contribution in [3.8, 4) is 0 Å². The normalized spacial score (nSPS) is 19.2. The fourth-order valence-corrected chi connectivity index (χ4v) is 1.43. The van der Waals surface area contributed by atoms with Crippen LogP contribution in [0.5, 0.6) is 0 Å². The van der Waals surface area contributed by atoms with Crippen LogP contribution >= 0.6 is 0 Å². The fraction of sp³-hybridized carbons (Fsp3) is 0.667. The summed E-state index contributed by atoms with van der Waals surface area (Å²) in [5, 5.41) is 13.1. The van der Waals surface area contributed by atoms with Gasteiger partial charge in [0, 0.05) is 6.20 Å². The van der Waals surface area contributed by atoms with Crippen LogP contribution in [0.15, 0.2) is 12.4 Å². The van der Waals surface area contributed by atoms with E-state index in [-0.39, 0.29) is 12.5 Å². The number of nitrogens with zero attached hydrogens (tertiary/aromatic N) is 2. The fourth-order valence-electron chi connectivity index (χ4n) is 1.43. The molecule has 0 aromatic carbocycles. The summed E-state index contributed by atoms with van der Waals surface area (Å²) in [5.74, 6) is 0.239. The Morgan fingerprint density at radius 1 is 1.53 bits per heavy atom. The SMILES string of the molecule is OC(Cn1cc(C(F)(F)F)cn1)C1CC1. The number of hydrogen-bond donors (Lipinski definition) is 1. The number of aliphatic hydroxyl groups excluding tert-OH is 1. The zero-order valence-electron chi connectivity index (χ0n) is 7.91. The van der Waals surface area contributed by atoms with Crippen molar-refractivity contribution in [2.45, 2.75) is 31.7 Å². The molecule has 6 heteroatoms. The molecule has 1 aromatic rings. The van der Waals surface area contributed by atoms with Gasteiger partial charge in [0.1, 0.15) is 0 Å². The van der Waals surface area contributed by atoms with Crippen molar-refractivity contribution in [1.29, 1.82) is 0 Å². The van der Waals surface area contributed by atoms with Gasteiger partial charge in [-0.2, -0.15) is 18.3 Å². The highest BCUT2D eigenvalue weighted by molar-refractivity contribution is 5.08. The van der Waals surface area contributed by atoms with Gasteiger partial charge in [0.2, 0.25) is 0 Å². The van der Waals surface area contributed by atoms with Crippen molar-refractivity contribution >= 4 is 0 Å². The molecule has 1 fully saturated rings. The molecule has 1 heterocycles. The first-order valence-electron chi connectivity index (χ1n) is 4.74. The number of rotatable bonds is 3. The molecule has 2 rings (SSSR count). The van der Waals surface area contributed by atoms with Crippen LogP contribution in [0.3, 0.4) is 0 Å². The molecule has 3 nitrogen and oxygen atoms in total. The lowest BCUT2D eigenvalue weighted by atomic mass is 10.2. The Morgan fingerprint density at radius 3 is 2.67 bits per heavy atom. The predicted octanol–water partition coefficient (Wildman–Crippen LogP) is 1.67. The molecule has 0 radical (unpaired) electrons. The molecule has 1 aromatic heterocycles. The highest BCUT2D eigenvalue weighted by atomic mass is 19.4. The largest absolute Gasteiger partial charge is 0.419 e. The minimum atomic E-state index is -4.36. The predicted molar refractivity (Wildman–Crippen MR) is 46.0 cm³/mol. The van der Waals surface area contributed by atoms with Crippen LogP contribution in [0.1, 0.15) is 18.4 Å². The second kappa shape index (κ2) is 3.52. The second-order valence-corrected chi connectivity index (χ2v) is 3.85. The Kier molecular flexibility index (Phi) is 2.46. The van der Waals surface area contributed by atoms with Crippen LogP contribution in [-0.4, -0.2) is 21.0 Å². The van der Waals surface area contributed by atoms with E-state index in [0.29, 0.717) is 0 Å². The van der Waals surface area contributed by atoms with Gasteiger partial charge in [-0.1, -0.05) is 0 Å². The van der Waals surface area contributed by atoms with E-state index in [9.17, 15) is 18.3 Å². The summed E-state index contributed by atoms with van der Waals surface area (Å²) in [5.41, 5.74) is -0.773. The van der Waals surface area contributed by atoms with E-state index in [2.05, 4.69) is 5.10 Å². The maximum atomic E-state index is 12.2. The zero-order valence-corrected chi connectivity index (χ0v) is 7.91. The number of aromatic nitrogens is 2. The highest BCUT2D eigenvalue weighted by Gasteiger charge is 2.33. The van der Waals surface area contributed by atoms with Gasteiger partial charge in [-0.25, -0.2) is 0 Å². The van der Waals surface area contributed by atoms with Crippen LogP contribution in [0.2, 0.25) is 0 Å². The van der Waals surface area contributed by atoms with Gasteiger partial charge in [-0.15, -0.1) is 0 Å². The van der Waals surface area contributed by atoms with Gasteiger partial charge in [0.25, 0.3) is 0 Å². The number of hydrogen-bond acceptors (Lipinski definition) is 2. The number of halogens is 3. The summed E-state index contributed by atoms with van der Waals surface area (Å²) in [4.78, 5) is 0. The summed E-state index contributed by atoms with van der Waals surface area (Å²) in [6, 6.07) is 0. The lowest BCUT2D eigenvalue weighted by Crippen LogP contribution is -2.18. The van der Waals surface area contributed by atoms with Crippen LogP contribution in [-0.2, 0) is 12.7 Å². The quantitative estimate of drug-likeness (QED) is 0.841. The minimum Gasteiger partial charge on any atom is -0.391 e. The zero-order chi connectivity index (χ0) is 11.1. The van der Waals surface area contributed by atoms with Crippen molar-refractivity contribution in [2.75, 3.05) is 0 Å². The Labute approximate surface area is 84.5 Å². The van der Waals surface area contributed by atoms with E-state index < -0.39 is 17.8 Å². The molecule has 0 spiro atoms.